The summed E-state index contributed by atoms with van der Waals surface area (Å²) in [6, 6.07) is 13.4. The summed E-state index contributed by atoms with van der Waals surface area (Å²) in [5, 5.41) is 19.6. The van der Waals surface area contributed by atoms with E-state index in [1.807, 2.05) is 19.1 Å². The standard InChI is InChI=1S/C17H18N4O3S/c1-12-5-7-13(8-6-12)16(22)18-9-10-19-17(25)20-14-3-2-4-15(11-14)21(23)24/h2-8,11H,9-10H2,1H3,(H,18,22)(H2,19,20,25). The normalized spacial score (nSPS) is 9.96. The van der Waals surface area contributed by atoms with Crippen molar-refractivity contribution >= 4 is 34.6 Å². The lowest BCUT2D eigenvalue weighted by molar-refractivity contribution is -0.384. The fraction of sp³-hybridized carbons (Fsp3) is 0.176. The van der Waals surface area contributed by atoms with Crippen molar-refractivity contribution in [2.75, 3.05) is 18.4 Å². The number of amides is 1. The number of thiocarbonyl (C=S) groups is 1. The smallest absolute Gasteiger partial charge is 0.271 e. The molecule has 0 atom stereocenters. The van der Waals surface area contributed by atoms with Crippen LogP contribution in [0.1, 0.15) is 15.9 Å². The minimum atomic E-state index is -0.470. The molecule has 2 aromatic rings. The van der Waals surface area contributed by atoms with E-state index in [1.54, 1.807) is 24.3 Å². The van der Waals surface area contributed by atoms with Crippen molar-refractivity contribution in [3.63, 3.8) is 0 Å². The molecule has 2 aromatic carbocycles. The van der Waals surface area contributed by atoms with E-state index in [1.165, 1.54) is 12.1 Å². The first-order chi connectivity index (χ1) is 12.0. The second-order valence-corrected chi connectivity index (χ2v) is 5.72. The highest BCUT2D eigenvalue weighted by Gasteiger charge is 2.07. The summed E-state index contributed by atoms with van der Waals surface area (Å²) < 4.78 is 0. The van der Waals surface area contributed by atoms with Crippen LogP contribution >= 0.6 is 12.2 Å². The van der Waals surface area contributed by atoms with Crippen molar-refractivity contribution in [1.29, 1.82) is 0 Å². The molecule has 3 N–H and O–H groups in total. The van der Waals surface area contributed by atoms with Gasteiger partial charge in [-0.15, -0.1) is 0 Å². The van der Waals surface area contributed by atoms with Gasteiger partial charge in [0.25, 0.3) is 11.6 Å². The van der Waals surface area contributed by atoms with Gasteiger partial charge in [0.2, 0.25) is 0 Å². The molecule has 25 heavy (non-hydrogen) atoms. The molecule has 0 saturated heterocycles. The van der Waals surface area contributed by atoms with Gasteiger partial charge in [-0.25, -0.2) is 0 Å². The average molecular weight is 358 g/mol. The largest absolute Gasteiger partial charge is 0.361 e. The third-order valence-corrected chi connectivity index (χ3v) is 3.57. The lowest BCUT2D eigenvalue weighted by atomic mass is 10.1. The van der Waals surface area contributed by atoms with Crippen molar-refractivity contribution in [2.45, 2.75) is 6.92 Å². The zero-order valence-corrected chi connectivity index (χ0v) is 14.4. The van der Waals surface area contributed by atoms with Crippen LogP contribution < -0.4 is 16.0 Å². The Hall–Kier alpha value is -3.00. The lowest BCUT2D eigenvalue weighted by Crippen LogP contribution is -2.36. The maximum absolute atomic E-state index is 11.9. The Morgan fingerprint density at radius 3 is 2.48 bits per heavy atom. The van der Waals surface area contributed by atoms with E-state index < -0.39 is 4.92 Å². The van der Waals surface area contributed by atoms with Crippen LogP contribution in [0.3, 0.4) is 0 Å². The van der Waals surface area contributed by atoms with E-state index in [0.717, 1.165) is 5.56 Å². The summed E-state index contributed by atoms with van der Waals surface area (Å²) in [5.74, 6) is -0.153. The number of anilines is 1. The van der Waals surface area contributed by atoms with Gasteiger partial charge in [-0.05, 0) is 37.3 Å². The monoisotopic (exact) mass is 358 g/mol. The summed E-state index contributed by atoms with van der Waals surface area (Å²) in [5.41, 5.74) is 2.20. The minimum absolute atomic E-state index is 0.0156. The van der Waals surface area contributed by atoms with Crippen LogP contribution in [0.25, 0.3) is 0 Å². The average Bonchev–Trinajstić information content (AvgIpc) is 2.59. The molecule has 0 heterocycles. The number of nitro benzene ring substituents is 1. The second-order valence-electron chi connectivity index (χ2n) is 5.31. The number of benzene rings is 2. The summed E-state index contributed by atoms with van der Waals surface area (Å²) in [6.07, 6.45) is 0. The van der Waals surface area contributed by atoms with Gasteiger partial charge in [-0.1, -0.05) is 23.8 Å². The molecule has 0 aliphatic rings. The van der Waals surface area contributed by atoms with Gasteiger partial charge >= 0.3 is 0 Å². The Morgan fingerprint density at radius 1 is 1.12 bits per heavy atom. The van der Waals surface area contributed by atoms with E-state index in [4.69, 9.17) is 12.2 Å². The number of rotatable bonds is 6. The van der Waals surface area contributed by atoms with E-state index in [2.05, 4.69) is 16.0 Å². The van der Waals surface area contributed by atoms with Crippen molar-refractivity contribution in [3.05, 3.63) is 69.8 Å². The second kappa shape index (κ2) is 8.74. The quantitative estimate of drug-likeness (QED) is 0.318. The number of carbonyl (C=O) groups is 1. The van der Waals surface area contributed by atoms with Gasteiger partial charge in [-0.2, -0.15) is 0 Å². The van der Waals surface area contributed by atoms with Crippen molar-refractivity contribution in [2.24, 2.45) is 0 Å². The zero-order valence-electron chi connectivity index (χ0n) is 13.6. The molecule has 0 radical (unpaired) electrons. The number of nitrogens with zero attached hydrogens (tertiary/aromatic N) is 1. The summed E-state index contributed by atoms with van der Waals surface area (Å²) in [6.45, 7) is 2.78. The molecule has 0 aliphatic heterocycles. The zero-order chi connectivity index (χ0) is 18.2. The third kappa shape index (κ3) is 5.85. The Morgan fingerprint density at radius 2 is 1.80 bits per heavy atom. The van der Waals surface area contributed by atoms with Crippen molar-refractivity contribution in [3.8, 4) is 0 Å². The highest BCUT2D eigenvalue weighted by molar-refractivity contribution is 7.80. The van der Waals surface area contributed by atoms with E-state index >= 15 is 0 Å². The SMILES string of the molecule is Cc1ccc(C(=O)NCCNC(=S)Nc2cccc([N+](=O)[O-])c2)cc1. The van der Waals surface area contributed by atoms with Crippen LogP contribution in [0, 0.1) is 17.0 Å². The maximum Gasteiger partial charge on any atom is 0.271 e. The molecular formula is C17H18N4O3S. The van der Waals surface area contributed by atoms with Crippen LogP contribution in [0.2, 0.25) is 0 Å². The molecule has 2 rings (SSSR count). The van der Waals surface area contributed by atoms with Gasteiger partial charge in [0, 0.05) is 36.5 Å². The van der Waals surface area contributed by atoms with E-state index in [0.29, 0.717) is 29.5 Å². The van der Waals surface area contributed by atoms with Gasteiger partial charge in [0.1, 0.15) is 0 Å². The molecule has 0 spiro atoms. The minimum Gasteiger partial charge on any atom is -0.361 e. The predicted octanol–water partition coefficient (Wildman–Crippen LogP) is 2.62. The van der Waals surface area contributed by atoms with Crippen molar-refractivity contribution < 1.29 is 9.72 Å². The molecular weight excluding hydrogens is 340 g/mol. The molecule has 130 valence electrons. The van der Waals surface area contributed by atoms with Crippen LogP contribution in [-0.2, 0) is 0 Å². The molecule has 1 amide bonds. The Labute approximate surface area is 150 Å². The Balaban J connectivity index is 1.73. The highest BCUT2D eigenvalue weighted by Crippen LogP contribution is 2.16. The first-order valence-corrected chi connectivity index (χ1v) is 8.01. The molecule has 0 fully saturated rings. The molecule has 8 heteroatoms. The molecule has 7 nitrogen and oxygen atoms in total. The number of hydrogen-bond donors (Lipinski definition) is 3. The van der Waals surface area contributed by atoms with Crippen LogP contribution in [0.15, 0.2) is 48.5 Å². The molecule has 0 aromatic heterocycles. The van der Waals surface area contributed by atoms with Gasteiger partial charge in [0.05, 0.1) is 4.92 Å². The fourth-order valence-corrected chi connectivity index (χ4v) is 2.25. The lowest BCUT2D eigenvalue weighted by Gasteiger charge is -2.11. The Bertz CT molecular complexity index is 778. The van der Waals surface area contributed by atoms with E-state index in [-0.39, 0.29) is 11.6 Å². The van der Waals surface area contributed by atoms with Crippen LogP contribution in [0.5, 0.6) is 0 Å². The van der Waals surface area contributed by atoms with Gasteiger partial charge < -0.3 is 16.0 Å². The summed E-state index contributed by atoms with van der Waals surface area (Å²) in [4.78, 5) is 22.2. The number of non-ortho nitro benzene ring substituents is 1. The maximum atomic E-state index is 11.9. The fourth-order valence-electron chi connectivity index (χ4n) is 2.03. The van der Waals surface area contributed by atoms with Crippen LogP contribution in [0.4, 0.5) is 11.4 Å². The number of nitrogens with one attached hydrogen (secondary N) is 3. The molecule has 0 unspecified atom stereocenters. The first kappa shape index (κ1) is 18.3. The summed E-state index contributed by atoms with van der Waals surface area (Å²) in [7, 11) is 0. The molecule has 0 aliphatic carbocycles. The molecule has 0 saturated carbocycles. The van der Waals surface area contributed by atoms with Crippen molar-refractivity contribution in [1.82, 2.24) is 10.6 Å². The van der Waals surface area contributed by atoms with Gasteiger partial charge in [-0.3, -0.25) is 14.9 Å². The van der Waals surface area contributed by atoms with E-state index in [9.17, 15) is 14.9 Å². The number of carbonyl (C=O) groups excluding carboxylic acids is 1. The molecule has 0 bridgehead atoms. The topological polar surface area (TPSA) is 96.3 Å². The number of hydrogen-bond acceptors (Lipinski definition) is 4. The third-order valence-electron chi connectivity index (χ3n) is 3.32. The predicted molar refractivity (Wildman–Crippen MR) is 101 cm³/mol. The number of nitro groups is 1. The van der Waals surface area contributed by atoms with Gasteiger partial charge in [0.15, 0.2) is 5.11 Å². The summed E-state index contributed by atoms with van der Waals surface area (Å²) >= 11 is 5.13. The number of aryl methyl sites for hydroxylation is 1. The van der Waals surface area contributed by atoms with Crippen LogP contribution in [-0.4, -0.2) is 29.0 Å². The highest BCUT2D eigenvalue weighted by atomic mass is 32.1. The first-order valence-electron chi connectivity index (χ1n) is 7.60. The Kier molecular flexibility index (Phi) is 6.41.